The maximum absolute atomic E-state index is 12.1. The number of benzene rings is 1. The van der Waals surface area contributed by atoms with E-state index in [0.29, 0.717) is 10.3 Å². The molecule has 7 nitrogen and oxygen atoms in total. The molecule has 0 atom stereocenters. The average Bonchev–Trinajstić information content (AvgIpc) is 3.18. The summed E-state index contributed by atoms with van der Waals surface area (Å²) in [6.45, 7) is 4.06. The molecular formula is C15H17N5O2S2. The molecular weight excluding hydrogens is 346 g/mol. The largest absolute Gasteiger partial charge is 0.497 e. The summed E-state index contributed by atoms with van der Waals surface area (Å²) in [5.41, 5.74) is 0.833. The first-order valence-corrected chi connectivity index (χ1v) is 9.15. The third kappa shape index (κ3) is 3.85. The van der Waals surface area contributed by atoms with E-state index in [9.17, 15) is 4.79 Å². The Bertz CT molecular complexity index is 859. The van der Waals surface area contributed by atoms with E-state index < -0.39 is 0 Å². The van der Waals surface area contributed by atoms with Gasteiger partial charge in [-0.05, 0) is 18.2 Å². The van der Waals surface area contributed by atoms with Crippen molar-refractivity contribution in [1.29, 1.82) is 0 Å². The van der Waals surface area contributed by atoms with E-state index in [1.54, 1.807) is 7.11 Å². The van der Waals surface area contributed by atoms with Crippen molar-refractivity contribution in [2.45, 2.75) is 24.9 Å². The summed E-state index contributed by atoms with van der Waals surface area (Å²) >= 11 is 2.71. The second-order valence-electron chi connectivity index (χ2n) is 5.35. The van der Waals surface area contributed by atoms with E-state index in [4.69, 9.17) is 4.74 Å². The minimum absolute atomic E-state index is 0.137. The highest BCUT2D eigenvalue weighted by Crippen LogP contribution is 2.29. The van der Waals surface area contributed by atoms with Crippen LogP contribution in [0.1, 0.15) is 25.6 Å². The van der Waals surface area contributed by atoms with Gasteiger partial charge in [0, 0.05) is 5.92 Å². The number of H-pyrrole nitrogens is 1. The lowest BCUT2D eigenvalue weighted by atomic mass is 10.2. The molecule has 126 valence electrons. The number of nitrogens with one attached hydrogen (secondary N) is 2. The molecule has 3 rings (SSSR count). The Kier molecular flexibility index (Phi) is 5.00. The van der Waals surface area contributed by atoms with Gasteiger partial charge in [0.15, 0.2) is 5.13 Å². The van der Waals surface area contributed by atoms with Crippen LogP contribution >= 0.6 is 23.1 Å². The lowest BCUT2D eigenvalue weighted by Gasteiger charge is -1.99. The van der Waals surface area contributed by atoms with Gasteiger partial charge in [0.1, 0.15) is 11.6 Å². The van der Waals surface area contributed by atoms with Gasteiger partial charge in [-0.25, -0.2) is 9.97 Å². The zero-order chi connectivity index (χ0) is 17.1. The van der Waals surface area contributed by atoms with E-state index in [0.717, 1.165) is 21.8 Å². The standard InChI is InChI=1S/C15H17N5O2S2/c1-8(2)13-18-15(20-19-13)23-7-12(21)17-14-16-10-5-4-9(22-3)6-11(10)24-14/h4-6,8H,7H2,1-3H3,(H,16,17,21)(H,18,19,20). The number of thioether (sulfide) groups is 1. The fourth-order valence-corrected chi connectivity index (χ4v) is 3.47. The average molecular weight is 363 g/mol. The summed E-state index contributed by atoms with van der Waals surface area (Å²) in [6.07, 6.45) is 0. The van der Waals surface area contributed by atoms with E-state index in [1.165, 1.54) is 23.1 Å². The molecule has 0 aliphatic carbocycles. The fourth-order valence-electron chi connectivity index (χ4n) is 1.95. The first-order valence-electron chi connectivity index (χ1n) is 7.34. The van der Waals surface area contributed by atoms with E-state index >= 15 is 0 Å². The molecule has 1 aromatic carbocycles. The Morgan fingerprint density at radius 3 is 2.96 bits per heavy atom. The normalized spacial score (nSPS) is 11.2. The summed E-state index contributed by atoms with van der Waals surface area (Å²) in [7, 11) is 1.62. The van der Waals surface area contributed by atoms with Gasteiger partial charge in [0.05, 0.1) is 23.1 Å². The molecule has 2 aromatic heterocycles. The smallest absolute Gasteiger partial charge is 0.236 e. The van der Waals surface area contributed by atoms with Gasteiger partial charge < -0.3 is 10.1 Å². The number of anilines is 1. The molecule has 0 radical (unpaired) electrons. The quantitative estimate of drug-likeness (QED) is 0.653. The molecule has 3 aromatic rings. The number of thiazole rings is 1. The van der Waals surface area contributed by atoms with Crippen LogP contribution in [0.5, 0.6) is 5.75 Å². The summed E-state index contributed by atoms with van der Waals surface area (Å²) < 4.78 is 6.16. The Morgan fingerprint density at radius 2 is 2.25 bits per heavy atom. The van der Waals surface area contributed by atoms with Crippen LogP contribution in [0.15, 0.2) is 23.4 Å². The molecule has 2 N–H and O–H groups in total. The second-order valence-corrected chi connectivity index (χ2v) is 7.32. The Balaban J connectivity index is 1.59. The van der Waals surface area contributed by atoms with Crippen molar-refractivity contribution >= 4 is 44.4 Å². The van der Waals surface area contributed by atoms with Gasteiger partial charge in [-0.1, -0.05) is 36.9 Å². The number of aromatic nitrogens is 4. The highest BCUT2D eigenvalue weighted by molar-refractivity contribution is 7.99. The van der Waals surface area contributed by atoms with Crippen LogP contribution in [0.2, 0.25) is 0 Å². The molecule has 0 saturated carbocycles. The molecule has 0 spiro atoms. The topological polar surface area (TPSA) is 92.8 Å². The van der Waals surface area contributed by atoms with E-state index in [1.807, 2.05) is 32.0 Å². The van der Waals surface area contributed by atoms with Gasteiger partial charge in [0.2, 0.25) is 11.1 Å². The van der Waals surface area contributed by atoms with Crippen LogP contribution in [0.4, 0.5) is 5.13 Å². The molecule has 1 amide bonds. The van der Waals surface area contributed by atoms with Crippen molar-refractivity contribution < 1.29 is 9.53 Å². The summed E-state index contributed by atoms with van der Waals surface area (Å²) in [5, 5.41) is 10.9. The van der Waals surface area contributed by atoms with Gasteiger partial charge in [-0.2, -0.15) is 0 Å². The lowest BCUT2D eigenvalue weighted by molar-refractivity contribution is -0.113. The number of nitrogens with zero attached hydrogens (tertiary/aromatic N) is 3. The second kappa shape index (κ2) is 7.18. The van der Waals surface area contributed by atoms with Crippen LogP contribution in [0, 0.1) is 0 Å². The number of aromatic amines is 1. The number of rotatable bonds is 6. The third-order valence-corrected chi connectivity index (χ3v) is 4.98. The number of carbonyl (C=O) groups is 1. The summed E-state index contributed by atoms with van der Waals surface area (Å²) in [4.78, 5) is 20.8. The van der Waals surface area contributed by atoms with Crippen molar-refractivity contribution in [2.75, 3.05) is 18.2 Å². The van der Waals surface area contributed by atoms with Crippen molar-refractivity contribution in [1.82, 2.24) is 20.2 Å². The zero-order valence-electron chi connectivity index (χ0n) is 13.5. The molecule has 0 unspecified atom stereocenters. The summed E-state index contributed by atoms with van der Waals surface area (Å²) in [6, 6.07) is 5.62. The summed E-state index contributed by atoms with van der Waals surface area (Å²) in [5.74, 6) is 1.96. The molecule has 0 bridgehead atoms. The Labute approximate surface area is 147 Å². The number of ether oxygens (including phenoxy) is 1. The van der Waals surface area contributed by atoms with E-state index in [2.05, 4.69) is 25.5 Å². The van der Waals surface area contributed by atoms with E-state index in [-0.39, 0.29) is 17.6 Å². The zero-order valence-corrected chi connectivity index (χ0v) is 15.1. The molecule has 24 heavy (non-hydrogen) atoms. The highest BCUT2D eigenvalue weighted by Gasteiger charge is 2.12. The third-order valence-electron chi connectivity index (χ3n) is 3.20. The first-order chi connectivity index (χ1) is 11.5. The highest BCUT2D eigenvalue weighted by atomic mass is 32.2. The number of hydrogen-bond donors (Lipinski definition) is 2. The lowest BCUT2D eigenvalue weighted by Crippen LogP contribution is -2.13. The molecule has 2 heterocycles. The van der Waals surface area contributed by atoms with Gasteiger partial charge in [-0.15, -0.1) is 5.10 Å². The van der Waals surface area contributed by atoms with Crippen LogP contribution in [0.3, 0.4) is 0 Å². The Morgan fingerprint density at radius 1 is 1.42 bits per heavy atom. The van der Waals surface area contributed by atoms with Gasteiger partial charge in [-0.3, -0.25) is 9.89 Å². The fraction of sp³-hybridized carbons (Fsp3) is 0.333. The SMILES string of the molecule is COc1ccc2nc(NC(=O)CSc3n[nH]c(C(C)C)n3)sc2c1. The number of hydrogen-bond acceptors (Lipinski definition) is 7. The van der Waals surface area contributed by atoms with Gasteiger partial charge in [0.25, 0.3) is 0 Å². The van der Waals surface area contributed by atoms with Crippen LogP contribution in [-0.2, 0) is 4.79 Å². The number of amides is 1. The minimum atomic E-state index is -0.137. The first kappa shape index (κ1) is 16.7. The molecule has 0 aliphatic heterocycles. The van der Waals surface area contributed by atoms with Gasteiger partial charge >= 0.3 is 0 Å². The van der Waals surface area contributed by atoms with Crippen LogP contribution in [0.25, 0.3) is 10.2 Å². The maximum atomic E-state index is 12.1. The predicted octanol–water partition coefficient (Wildman–Crippen LogP) is 3.28. The van der Waals surface area contributed by atoms with Crippen molar-refractivity contribution in [3.05, 3.63) is 24.0 Å². The molecule has 0 fully saturated rings. The van der Waals surface area contributed by atoms with Crippen molar-refractivity contribution in [3.63, 3.8) is 0 Å². The minimum Gasteiger partial charge on any atom is -0.497 e. The van der Waals surface area contributed by atoms with Crippen LogP contribution in [-0.4, -0.2) is 38.9 Å². The molecule has 0 aliphatic rings. The van der Waals surface area contributed by atoms with Crippen molar-refractivity contribution in [2.24, 2.45) is 0 Å². The number of fused-ring (bicyclic) bond motifs is 1. The van der Waals surface area contributed by atoms with Crippen LogP contribution < -0.4 is 10.1 Å². The Hall–Kier alpha value is -2.13. The molecule has 9 heteroatoms. The molecule has 0 saturated heterocycles. The predicted molar refractivity (Wildman–Crippen MR) is 96.0 cm³/mol. The number of carbonyl (C=O) groups excluding carboxylic acids is 1. The van der Waals surface area contributed by atoms with Crippen molar-refractivity contribution in [3.8, 4) is 5.75 Å². The number of methoxy groups -OCH3 is 1. The maximum Gasteiger partial charge on any atom is 0.236 e. The monoisotopic (exact) mass is 363 g/mol.